The summed E-state index contributed by atoms with van der Waals surface area (Å²) >= 11 is 0. The van der Waals surface area contributed by atoms with Gasteiger partial charge in [-0.2, -0.15) is 0 Å². The second kappa shape index (κ2) is 5.33. The lowest BCUT2D eigenvalue weighted by molar-refractivity contribution is 0.0616. The number of nitrogens with zero attached hydrogens (tertiary/aromatic N) is 1. The van der Waals surface area contributed by atoms with Crippen molar-refractivity contribution in [3.8, 4) is 0 Å². The first-order chi connectivity index (χ1) is 8.22. The summed E-state index contributed by atoms with van der Waals surface area (Å²) in [5.74, 6) is 1.03. The Balaban J connectivity index is 2.07. The molecule has 1 aromatic heterocycles. The van der Waals surface area contributed by atoms with Crippen LogP contribution >= 0.6 is 0 Å². The maximum Gasteiger partial charge on any atom is 0.289 e. The zero-order chi connectivity index (χ0) is 12.3. The van der Waals surface area contributed by atoms with Gasteiger partial charge in [-0.1, -0.05) is 0 Å². The molecule has 0 saturated carbocycles. The quantitative estimate of drug-likeness (QED) is 0.848. The van der Waals surface area contributed by atoms with Gasteiger partial charge in [0, 0.05) is 32.8 Å². The van der Waals surface area contributed by atoms with E-state index >= 15 is 0 Å². The summed E-state index contributed by atoms with van der Waals surface area (Å²) in [7, 11) is 1.60. The Hall–Kier alpha value is -1.33. The van der Waals surface area contributed by atoms with Crippen LogP contribution in [-0.2, 0) is 11.3 Å². The van der Waals surface area contributed by atoms with Crippen molar-refractivity contribution in [3.63, 3.8) is 0 Å². The van der Waals surface area contributed by atoms with Gasteiger partial charge in [-0.25, -0.2) is 0 Å². The van der Waals surface area contributed by atoms with Gasteiger partial charge in [0.15, 0.2) is 5.76 Å². The summed E-state index contributed by atoms with van der Waals surface area (Å²) in [6, 6.07) is 3.70. The molecular formula is C12H18N2O3. The van der Waals surface area contributed by atoms with Crippen LogP contribution in [0.3, 0.4) is 0 Å². The highest BCUT2D eigenvalue weighted by molar-refractivity contribution is 5.91. The summed E-state index contributed by atoms with van der Waals surface area (Å²) in [6.07, 6.45) is 0. The standard InChI is InChI=1S/C12H18N2O3/c1-9-7-13-5-6-14(9)12(15)11-4-3-10(17-11)8-16-2/h3-4,9,13H,5-8H2,1-2H3/t9-/m0/s1. The smallest absolute Gasteiger partial charge is 0.289 e. The van der Waals surface area contributed by atoms with Crippen molar-refractivity contribution in [1.82, 2.24) is 10.2 Å². The maximum atomic E-state index is 12.2. The Morgan fingerprint density at radius 2 is 2.47 bits per heavy atom. The lowest BCUT2D eigenvalue weighted by Gasteiger charge is -2.33. The van der Waals surface area contributed by atoms with Gasteiger partial charge in [0.1, 0.15) is 12.4 Å². The number of furan rings is 1. The van der Waals surface area contributed by atoms with Crippen LogP contribution in [0.4, 0.5) is 0 Å². The van der Waals surface area contributed by atoms with Gasteiger partial charge >= 0.3 is 0 Å². The van der Waals surface area contributed by atoms with Crippen molar-refractivity contribution in [3.05, 3.63) is 23.7 Å². The highest BCUT2D eigenvalue weighted by atomic mass is 16.5. The van der Waals surface area contributed by atoms with Crippen LogP contribution in [-0.4, -0.2) is 43.6 Å². The predicted octanol–water partition coefficient (Wildman–Crippen LogP) is 0.860. The molecule has 0 radical (unpaired) electrons. The second-order valence-corrected chi connectivity index (χ2v) is 4.25. The summed E-state index contributed by atoms with van der Waals surface area (Å²) in [4.78, 5) is 14.0. The minimum absolute atomic E-state index is 0.0404. The molecule has 0 spiro atoms. The van der Waals surface area contributed by atoms with Crippen LogP contribution in [0.1, 0.15) is 23.2 Å². The largest absolute Gasteiger partial charge is 0.453 e. The molecule has 2 heterocycles. The van der Waals surface area contributed by atoms with Crippen LogP contribution in [0.15, 0.2) is 16.5 Å². The van der Waals surface area contributed by atoms with Crippen LogP contribution in [0.2, 0.25) is 0 Å². The van der Waals surface area contributed by atoms with E-state index in [1.807, 2.05) is 11.8 Å². The fraction of sp³-hybridized carbons (Fsp3) is 0.583. The molecule has 2 rings (SSSR count). The predicted molar refractivity (Wildman–Crippen MR) is 62.8 cm³/mol. The minimum Gasteiger partial charge on any atom is -0.453 e. The molecule has 1 fully saturated rings. The lowest BCUT2D eigenvalue weighted by atomic mass is 10.2. The number of rotatable bonds is 3. The number of piperazine rings is 1. The molecule has 1 aliphatic heterocycles. The van der Waals surface area contributed by atoms with E-state index in [0.717, 1.165) is 19.6 Å². The fourth-order valence-electron chi connectivity index (χ4n) is 2.00. The number of methoxy groups -OCH3 is 1. The lowest BCUT2D eigenvalue weighted by Crippen LogP contribution is -2.52. The fourth-order valence-corrected chi connectivity index (χ4v) is 2.00. The van der Waals surface area contributed by atoms with Gasteiger partial charge in [-0.05, 0) is 19.1 Å². The van der Waals surface area contributed by atoms with E-state index in [0.29, 0.717) is 18.1 Å². The van der Waals surface area contributed by atoms with E-state index in [9.17, 15) is 4.79 Å². The van der Waals surface area contributed by atoms with Crippen molar-refractivity contribution in [2.24, 2.45) is 0 Å². The maximum absolute atomic E-state index is 12.2. The molecule has 0 unspecified atom stereocenters. The van der Waals surface area contributed by atoms with Gasteiger partial charge in [0.25, 0.3) is 5.91 Å². The molecule has 1 atom stereocenters. The van der Waals surface area contributed by atoms with Crippen molar-refractivity contribution >= 4 is 5.91 Å². The van der Waals surface area contributed by atoms with Crippen LogP contribution in [0.25, 0.3) is 0 Å². The highest BCUT2D eigenvalue weighted by Gasteiger charge is 2.25. The molecule has 0 aromatic carbocycles. The molecule has 1 N–H and O–H groups in total. The molecule has 1 amide bonds. The molecule has 1 aromatic rings. The second-order valence-electron chi connectivity index (χ2n) is 4.25. The normalized spacial score (nSPS) is 20.6. The van der Waals surface area contributed by atoms with E-state index in [1.54, 1.807) is 19.2 Å². The molecule has 5 nitrogen and oxygen atoms in total. The Kier molecular flexibility index (Phi) is 3.81. The van der Waals surface area contributed by atoms with E-state index in [2.05, 4.69) is 5.32 Å². The monoisotopic (exact) mass is 238 g/mol. The third kappa shape index (κ3) is 2.68. The van der Waals surface area contributed by atoms with Crippen LogP contribution in [0, 0.1) is 0 Å². The van der Waals surface area contributed by atoms with Crippen molar-refractivity contribution in [2.75, 3.05) is 26.7 Å². The van der Waals surface area contributed by atoms with Crippen molar-refractivity contribution < 1.29 is 13.9 Å². The van der Waals surface area contributed by atoms with E-state index in [1.165, 1.54) is 0 Å². The van der Waals surface area contributed by atoms with Crippen molar-refractivity contribution in [2.45, 2.75) is 19.6 Å². The van der Waals surface area contributed by atoms with Gasteiger partial charge in [0.05, 0.1) is 0 Å². The first-order valence-corrected chi connectivity index (χ1v) is 5.81. The number of hydrogen-bond donors (Lipinski definition) is 1. The van der Waals surface area contributed by atoms with Gasteiger partial charge in [0.2, 0.25) is 0 Å². The average Bonchev–Trinajstić information content (AvgIpc) is 2.78. The van der Waals surface area contributed by atoms with Crippen LogP contribution < -0.4 is 5.32 Å². The first kappa shape index (κ1) is 12.1. The Morgan fingerprint density at radius 3 is 3.18 bits per heavy atom. The third-order valence-electron chi connectivity index (χ3n) is 2.92. The molecule has 1 saturated heterocycles. The molecular weight excluding hydrogens is 220 g/mol. The molecule has 5 heteroatoms. The Labute approximate surface area is 101 Å². The summed E-state index contributed by atoms with van der Waals surface area (Å²) in [5, 5.41) is 3.25. The van der Waals surface area contributed by atoms with Gasteiger partial charge in [-0.3, -0.25) is 4.79 Å². The summed E-state index contributed by atoms with van der Waals surface area (Å²) in [6.45, 7) is 4.81. The zero-order valence-electron chi connectivity index (χ0n) is 10.2. The van der Waals surface area contributed by atoms with E-state index in [4.69, 9.17) is 9.15 Å². The van der Waals surface area contributed by atoms with Crippen molar-refractivity contribution in [1.29, 1.82) is 0 Å². The topological polar surface area (TPSA) is 54.7 Å². The number of carbonyl (C=O) groups excluding carboxylic acids is 1. The number of ether oxygens (including phenoxy) is 1. The van der Waals surface area contributed by atoms with E-state index < -0.39 is 0 Å². The first-order valence-electron chi connectivity index (χ1n) is 5.81. The number of carbonyl (C=O) groups is 1. The number of hydrogen-bond acceptors (Lipinski definition) is 4. The van der Waals surface area contributed by atoms with Crippen LogP contribution in [0.5, 0.6) is 0 Å². The van der Waals surface area contributed by atoms with E-state index in [-0.39, 0.29) is 11.9 Å². The zero-order valence-corrected chi connectivity index (χ0v) is 10.2. The number of nitrogens with one attached hydrogen (secondary N) is 1. The molecule has 0 bridgehead atoms. The third-order valence-corrected chi connectivity index (χ3v) is 2.92. The molecule has 0 aliphatic carbocycles. The Morgan fingerprint density at radius 1 is 1.65 bits per heavy atom. The highest BCUT2D eigenvalue weighted by Crippen LogP contribution is 2.14. The van der Waals surface area contributed by atoms with Gasteiger partial charge < -0.3 is 19.4 Å². The molecule has 1 aliphatic rings. The Bertz CT molecular complexity index is 389. The average molecular weight is 238 g/mol. The molecule has 94 valence electrons. The summed E-state index contributed by atoms with van der Waals surface area (Å²) in [5.41, 5.74) is 0. The minimum atomic E-state index is -0.0404. The number of amides is 1. The molecule has 17 heavy (non-hydrogen) atoms. The van der Waals surface area contributed by atoms with Gasteiger partial charge in [-0.15, -0.1) is 0 Å². The SMILES string of the molecule is COCc1ccc(C(=O)N2CCNC[C@@H]2C)o1. The summed E-state index contributed by atoms with van der Waals surface area (Å²) < 4.78 is 10.4.